The Hall–Kier alpha value is -3.27. The molecule has 0 N–H and O–H groups in total. The second-order valence-corrected chi connectivity index (χ2v) is 7.29. The van der Waals surface area contributed by atoms with Crippen molar-refractivity contribution < 1.29 is 9.47 Å². The molecule has 4 rings (SSSR count). The highest BCUT2D eigenvalue weighted by Crippen LogP contribution is 2.19. The number of hydrogen-bond donors (Lipinski definition) is 0. The maximum absolute atomic E-state index is 5.99. The average Bonchev–Trinajstić information content (AvgIpc) is 3.10. The lowest BCUT2D eigenvalue weighted by Crippen LogP contribution is -2.10. The van der Waals surface area contributed by atoms with E-state index in [1.807, 2.05) is 42.5 Å². The van der Waals surface area contributed by atoms with Gasteiger partial charge in [0.05, 0.1) is 17.6 Å². The normalized spacial score (nSPS) is 11.0. The number of aromatic nitrogens is 2. The summed E-state index contributed by atoms with van der Waals surface area (Å²) >= 11 is 0. The van der Waals surface area contributed by atoms with Crippen molar-refractivity contribution in [3.8, 4) is 11.5 Å². The third kappa shape index (κ3) is 4.77. The number of imidazole rings is 1. The summed E-state index contributed by atoms with van der Waals surface area (Å²) in [5, 5.41) is 0. The first-order chi connectivity index (χ1) is 14.2. The van der Waals surface area contributed by atoms with Gasteiger partial charge in [0.15, 0.2) is 0 Å². The molecule has 0 unspecified atom stereocenters. The summed E-state index contributed by atoms with van der Waals surface area (Å²) in [6.45, 7) is 6.08. The maximum atomic E-state index is 5.99. The standard InChI is InChI=1S/C25H26N2O2/c1-19-8-12-21(13-9-19)28-17-5-16-27-24-7-4-3-6-23(24)26-25(27)18-29-22-14-10-20(2)11-15-22/h3-4,6-15H,5,16-18H2,1-2H3. The van der Waals surface area contributed by atoms with Crippen molar-refractivity contribution in [2.75, 3.05) is 6.61 Å². The number of ether oxygens (including phenoxy) is 2. The van der Waals surface area contributed by atoms with Crippen LogP contribution in [-0.2, 0) is 13.2 Å². The number of rotatable bonds is 8. The predicted molar refractivity (Wildman–Crippen MR) is 117 cm³/mol. The molecule has 3 aromatic carbocycles. The van der Waals surface area contributed by atoms with Crippen LogP contribution in [0.1, 0.15) is 23.4 Å². The van der Waals surface area contributed by atoms with E-state index in [-0.39, 0.29) is 0 Å². The van der Waals surface area contributed by atoms with Gasteiger partial charge in [-0.05, 0) is 56.7 Å². The molecule has 0 spiro atoms. The van der Waals surface area contributed by atoms with Crippen LogP contribution in [-0.4, -0.2) is 16.2 Å². The summed E-state index contributed by atoms with van der Waals surface area (Å²) in [5.41, 5.74) is 4.58. The van der Waals surface area contributed by atoms with Crippen molar-refractivity contribution in [2.24, 2.45) is 0 Å². The van der Waals surface area contributed by atoms with Crippen molar-refractivity contribution >= 4 is 11.0 Å². The molecule has 0 bridgehead atoms. The average molecular weight is 386 g/mol. The Labute approximate surface area is 171 Å². The monoisotopic (exact) mass is 386 g/mol. The summed E-state index contributed by atoms with van der Waals surface area (Å²) < 4.78 is 14.1. The fourth-order valence-electron chi connectivity index (χ4n) is 3.31. The molecule has 148 valence electrons. The minimum absolute atomic E-state index is 0.441. The van der Waals surface area contributed by atoms with E-state index in [0.717, 1.165) is 41.3 Å². The molecule has 0 aliphatic heterocycles. The van der Waals surface area contributed by atoms with Crippen molar-refractivity contribution in [1.82, 2.24) is 9.55 Å². The minimum atomic E-state index is 0.441. The van der Waals surface area contributed by atoms with Gasteiger partial charge in [0, 0.05) is 6.54 Å². The zero-order valence-electron chi connectivity index (χ0n) is 17.0. The number of para-hydroxylation sites is 2. The molecule has 0 aliphatic rings. The molecule has 1 heterocycles. The highest BCUT2D eigenvalue weighted by molar-refractivity contribution is 5.75. The highest BCUT2D eigenvalue weighted by Gasteiger charge is 2.11. The molecule has 0 amide bonds. The zero-order chi connectivity index (χ0) is 20.1. The van der Waals surface area contributed by atoms with Gasteiger partial charge in [-0.3, -0.25) is 0 Å². The molecule has 1 aromatic heterocycles. The molecular formula is C25H26N2O2. The second kappa shape index (κ2) is 8.82. The van der Waals surface area contributed by atoms with Crippen molar-refractivity contribution in [1.29, 1.82) is 0 Å². The molecule has 0 atom stereocenters. The fourth-order valence-corrected chi connectivity index (χ4v) is 3.31. The van der Waals surface area contributed by atoms with Crippen LogP contribution in [0, 0.1) is 13.8 Å². The SMILES string of the molecule is Cc1ccc(OCCCn2c(COc3ccc(C)cc3)nc3ccccc32)cc1. The third-order valence-electron chi connectivity index (χ3n) is 4.94. The fraction of sp³-hybridized carbons (Fsp3) is 0.240. The molecule has 4 nitrogen and oxygen atoms in total. The molecule has 4 heteroatoms. The van der Waals surface area contributed by atoms with Crippen LogP contribution in [0.15, 0.2) is 72.8 Å². The van der Waals surface area contributed by atoms with E-state index in [0.29, 0.717) is 13.2 Å². The van der Waals surface area contributed by atoms with Crippen molar-refractivity contribution in [3.63, 3.8) is 0 Å². The number of fused-ring (bicyclic) bond motifs is 1. The van der Waals surface area contributed by atoms with Gasteiger partial charge in [0.25, 0.3) is 0 Å². The summed E-state index contributed by atoms with van der Waals surface area (Å²) in [7, 11) is 0. The lowest BCUT2D eigenvalue weighted by molar-refractivity contribution is 0.280. The van der Waals surface area contributed by atoms with Crippen LogP contribution in [0.4, 0.5) is 0 Å². The van der Waals surface area contributed by atoms with Gasteiger partial charge < -0.3 is 14.0 Å². The maximum Gasteiger partial charge on any atom is 0.147 e. The smallest absolute Gasteiger partial charge is 0.147 e. The summed E-state index contributed by atoms with van der Waals surface area (Å²) in [6, 6.07) is 24.5. The minimum Gasteiger partial charge on any atom is -0.494 e. The van der Waals surface area contributed by atoms with E-state index in [9.17, 15) is 0 Å². The van der Waals surface area contributed by atoms with Crippen molar-refractivity contribution in [3.05, 3.63) is 89.7 Å². The van der Waals surface area contributed by atoms with E-state index in [1.165, 1.54) is 11.1 Å². The lowest BCUT2D eigenvalue weighted by atomic mass is 10.2. The van der Waals surface area contributed by atoms with Crippen LogP contribution in [0.3, 0.4) is 0 Å². The van der Waals surface area contributed by atoms with Gasteiger partial charge >= 0.3 is 0 Å². The first-order valence-electron chi connectivity index (χ1n) is 10.0. The van der Waals surface area contributed by atoms with Crippen LogP contribution >= 0.6 is 0 Å². The van der Waals surface area contributed by atoms with Crippen LogP contribution in [0.2, 0.25) is 0 Å². The van der Waals surface area contributed by atoms with Gasteiger partial charge in [-0.25, -0.2) is 4.98 Å². The van der Waals surface area contributed by atoms with E-state index < -0.39 is 0 Å². The molecule has 0 saturated heterocycles. The molecule has 0 radical (unpaired) electrons. The zero-order valence-corrected chi connectivity index (χ0v) is 17.0. The lowest BCUT2D eigenvalue weighted by Gasteiger charge is -2.11. The van der Waals surface area contributed by atoms with Crippen LogP contribution < -0.4 is 9.47 Å². The Morgan fingerprint density at radius 3 is 2.07 bits per heavy atom. The van der Waals surface area contributed by atoms with Crippen LogP contribution in [0.25, 0.3) is 11.0 Å². The summed E-state index contributed by atoms with van der Waals surface area (Å²) in [5.74, 6) is 2.70. The van der Waals surface area contributed by atoms with E-state index in [2.05, 4.69) is 48.7 Å². The van der Waals surface area contributed by atoms with E-state index in [4.69, 9.17) is 14.5 Å². The molecule has 0 fully saturated rings. The van der Waals surface area contributed by atoms with Gasteiger partial charge in [-0.2, -0.15) is 0 Å². The second-order valence-electron chi connectivity index (χ2n) is 7.29. The number of hydrogen-bond acceptors (Lipinski definition) is 3. The quantitative estimate of drug-likeness (QED) is 0.364. The topological polar surface area (TPSA) is 36.3 Å². The molecular weight excluding hydrogens is 360 g/mol. The van der Waals surface area contributed by atoms with Gasteiger partial charge in [-0.1, -0.05) is 47.5 Å². The Morgan fingerprint density at radius 1 is 0.759 bits per heavy atom. The van der Waals surface area contributed by atoms with Gasteiger partial charge in [-0.15, -0.1) is 0 Å². The van der Waals surface area contributed by atoms with E-state index >= 15 is 0 Å². The van der Waals surface area contributed by atoms with Crippen LogP contribution in [0.5, 0.6) is 11.5 Å². The summed E-state index contributed by atoms with van der Waals surface area (Å²) in [4.78, 5) is 4.79. The number of benzene rings is 3. The first-order valence-corrected chi connectivity index (χ1v) is 10.0. The summed E-state index contributed by atoms with van der Waals surface area (Å²) in [6.07, 6.45) is 0.895. The van der Waals surface area contributed by atoms with Gasteiger partial charge in [0.2, 0.25) is 0 Å². The van der Waals surface area contributed by atoms with E-state index in [1.54, 1.807) is 0 Å². The molecule has 0 saturated carbocycles. The predicted octanol–water partition coefficient (Wildman–Crippen LogP) is 5.70. The first kappa shape index (κ1) is 19.1. The Kier molecular flexibility index (Phi) is 5.80. The Balaban J connectivity index is 1.43. The number of aryl methyl sites for hydroxylation is 3. The molecule has 0 aliphatic carbocycles. The molecule has 4 aromatic rings. The molecule has 29 heavy (non-hydrogen) atoms. The number of nitrogens with zero attached hydrogens (tertiary/aromatic N) is 2. The highest BCUT2D eigenvalue weighted by atomic mass is 16.5. The Morgan fingerprint density at radius 2 is 1.38 bits per heavy atom. The van der Waals surface area contributed by atoms with Crippen molar-refractivity contribution in [2.45, 2.75) is 33.4 Å². The van der Waals surface area contributed by atoms with Gasteiger partial charge in [0.1, 0.15) is 23.9 Å². The largest absolute Gasteiger partial charge is 0.494 e. The third-order valence-corrected chi connectivity index (χ3v) is 4.94. The Bertz CT molecular complexity index is 1070.